The molecule has 10 N–H and O–H groups in total. The molecule has 1 unspecified atom stereocenters. The predicted molar refractivity (Wildman–Crippen MR) is 133 cm³/mol. The van der Waals surface area contributed by atoms with Gasteiger partial charge in [0.2, 0.25) is 0 Å². The van der Waals surface area contributed by atoms with Gasteiger partial charge >= 0.3 is 11.9 Å². The zero-order valence-electron chi connectivity index (χ0n) is 22.7. The molecule has 3 rings (SSSR count). The molecule has 10 atom stereocenters. The fraction of sp³-hybridized carbons (Fsp3) is 0.833. The molecule has 0 bridgehead atoms. The molecule has 3 saturated heterocycles. The molecule has 3 heterocycles. The summed E-state index contributed by atoms with van der Waals surface area (Å²) >= 11 is 0. The normalized spacial score (nSPS) is 35.0. The van der Waals surface area contributed by atoms with Crippen molar-refractivity contribution in [1.82, 2.24) is 5.06 Å². The van der Waals surface area contributed by atoms with Gasteiger partial charge in [-0.05, 0) is 12.8 Å². The van der Waals surface area contributed by atoms with E-state index in [1.165, 1.54) is 0 Å². The summed E-state index contributed by atoms with van der Waals surface area (Å²) in [6.07, 6.45) is -11.4. The third-order valence-corrected chi connectivity index (χ3v) is 6.76. The summed E-state index contributed by atoms with van der Waals surface area (Å²) < 4.78 is 15.6. The highest BCUT2D eigenvalue weighted by atomic mass is 16.7. The van der Waals surface area contributed by atoms with E-state index in [1.807, 2.05) is 0 Å². The van der Waals surface area contributed by atoms with E-state index in [0.717, 1.165) is 6.42 Å². The quantitative estimate of drug-likeness (QED) is 0.0742. The molecule has 0 saturated carbocycles. The second kappa shape index (κ2) is 17.1. The number of hydroxylamine groups is 2. The van der Waals surface area contributed by atoms with Gasteiger partial charge in [0, 0.05) is 25.7 Å². The van der Waals surface area contributed by atoms with E-state index in [9.17, 15) is 49.8 Å². The number of nitrogens with two attached hydrogens (primary N) is 1. The zero-order valence-corrected chi connectivity index (χ0v) is 22.7. The number of hydrogen-bond donors (Lipinski definition) is 9. The average Bonchev–Trinajstić information content (AvgIpc) is 3.27. The Morgan fingerprint density at radius 2 is 1.36 bits per heavy atom. The lowest BCUT2D eigenvalue weighted by molar-refractivity contribution is -0.341. The van der Waals surface area contributed by atoms with E-state index >= 15 is 0 Å². The fourth-order valence-electron chi connectivity index (χ4n) is 4.32. The minimum absolute atomic E-state index is 0.0846. The maximum atomic E-state index is 11.4. The van der Waals surface area contributed by atoms with Crippen LogP contribution < -0.4 is 5.73 Å². The predicted octanol–water partition coefficient (Wildman–Crippen LogP) is -4.41. The lowest BCUT2D eigenvalue weighted by Crippen LogP contribution is -2.65. The maximum Gasteiger partial charge on any atom is 0.333 e. The summed E-state index contributed by atoms with van der Waals surface area (Å²) in [7, 11) is 0. The van der Waals surface area contributed by atoms with Crippen LogP contribution in [0.4, 0.5) is 0 Å². The van der Waals surface area contributed by atoms with E-state index < -0.39 is 98.3 Å². The molecule has 242 valence electrons. The first-order chi connectivity index (χ1) is 19.8. The van der Waals surface area contributed by atoms with Crippen LogP contribution in [0.1, 0.15) is 51.4 Å². The molecule has 0 aromatic heterocycles. The molecule has 0 spiro atoms. The van der Waals surface area contributed by atoms with Crippen molar-refractivity contribution in [2.75, 3.05) is 13.2 Å². The van der Waals surface area contributed by atoms with Crippen LogP contribution >= 0.6 is 0 Å². The SMILES string of the molecule is NC1O[C@H](CO)[C@@H](O[C@@H]2O[C@H](CO)[C@H](O)[C@H](O)[C@H]2O)[C@H](O)[C@H]1O.O=C(O)CCCCCCC(=O)ON1C(=O)CCC1=O. The topological polar surface area (TPSA) is 296 Å². The van der Waals surface area contributed by atoms with Gasteiger partial charge in [-0.1, -0.05) is 12.8 Å². The summed E-state index contributed by atoms with van der Waals surface area (Å²) in [5.74, 6) is -2.41. The van der Waals surface area contributed by atoms with Gasteiger partial charge in [0.25, 0.3) is 11.8 Å². The van der Waals surface area contributed by atoms with Crippen LogP contribution in [0.15, 0.2) is 0 Å². The molecule has 0 radical (unpaired) electrons. The number of imide groups is 1. The summed E-state index contributed by atoms with van der Waals surface area (Å²) in [6.45, 7) is -1.25. The number of aliphatic carboxylic acids is 1. The van der Waals surface area contributed by atoms with Gasteiger partial charge in [-0.25, -0.2) is 4.79 Å². The summed E-state index contributed by atoms with van der Waals surface area (Å²) in [5.41, 5.74) is 5.46. The van der Waals surface area contributed by atoms with Gasteiger partial charge in [-0.3, -0.25) is 14.4 Å². The number of ether oxygens (including phenoxy) is 3. The molecule has 2 amide bonds. The highest BCUT2D eigenvalue weighted by Crippen LogP contribution is 2.28. The van der Waals surface area contributed by atoms with Gasteiger partial charge in [0.05, 0.1) is 13.2 Å². The minimum atomic E-state index is -1.69. The Morgan fingerprint density at radius 1 is 0.786 bits per heavy atom. The smallest absolute Gasteiger partial charge is 0.333 e. The van der Waals surface area contributed by atoms with Gasteiger partial charge in [-0.15, -0.1) is 5.06 Å². The second-order valence-electron chi connectivity index (χ2n) is 9.95. The number of rotatable bonds is 12. The highest BCUT2D eigenvalue weighted by Gasteiger charge is 2.49. The Morgan fingerprint density at radius 3 is 1.90 bits per heavy atom. The number of carboxylic acid groups (broad SMARTS) is 1. The van der Waals surface area contributed by atoms with Crippen LogP contribution in [-0.4, -0.2) is 144 Å². The van der Waals surface area contributed by atoms with Gasteiger partial charge in [0.15, 0.2) is 6.29 Å². The highest BCUT2D eigenvalue weighted by molar-refractivity contribution is 6.01. The number of unbranched alkanes of at least 4 members (excludes halogenated alkanes) is 3. The van der Waals surface area contributed by atoms with Crippen molar-refractivity contribution in [3.63, 3.8) is 0 Å². The van der Waals surface area contributed by atoms with E-state index in [4.69, 9.17) is 30.2 Å². The van der Waals surface area contributed by atoms with Crippen molar-refractivity contribution in [3.05, 3.63) is 0 Å². The number of carboxylic acids is 1. The lowest BCUT2D eigenvalue weighted by Gasteiger charge is -2.45. The number of nitrogens with zero attached hydrogens (tertiary/aromatic N) is 1. The Hall–Kier alpha value is -2.36. The largest absolute Gasteiger partial charge is 0.481 e. The molecule has 3 aliphatic rings. The first-order valence-electron chi connectivity index (χ1n) is 13.4. The standard InChI is InChI=1S/C12H23NO10.C12H17NO6/c13-11-8(19)7(18)10(4(2-15)21-11)23-12-9(20)6(17)5(16)3(1-14)22-12;14-9-7-8-10(15)13(9)19-12(18)6-4-2-1-3-5-11(16)17/h3-12,14-20H,1-2,13H2;1-8H2,(H,16,17)/t3-,4-,5+,6+,7-,8-,9-,10-,11?,12+;/m1./s1. The molecule has 18 nitrogen and oxygen atoms in total. The maximum absolute atomic E-state index is 11.4. The van der Waals surface area contributed by atoms with Crippen molar-refractivity contribution in [2.24, 2.45) is 5.73 Å². The number of aliphatic hydroxyl groups excluding tert-OH is 7. The van der Waals surface area contributed by atoms with E-state index in [1.54, 1.807) is 0 Å². The molecule has 42 heavy (non-hydrogen) atoms. The van der Waals surface area contributed by atoms with Crippen LogP contribution in [0.3, 0.4) is 0 Å². The summed E-state index contributed by atoms with van der Waals surface area (Å²) in [4.78, 5) is 48.6. The summed E-state index contributed by atoms with van der Waals surface area (Å²) in [6, 6.07) is 0. The third-order valence-electron chi connectivity index (χ3n) is 6.76. The molecule has 0 aromatic carbocycles. The first-order valence-corrected chi connectivity index (χ1v) is 13.4. The number of carbonyl (C=O) groups excluding carboxylic acids is 3. The lowest BCUT2D eigenvalue weighted by atomic mass is 9.96. The molecule has 0 aromatic rings. The molecule has 0 aliphatic carbocycles. The minimum Gasteiger partial charge on any atom is -0.481 e. The van der Waals surface area contributed by atoms with Gasteiger partial charge < -0.3 is 65.6 Å². The van der Waals surface area contributed by atoms with E-state index in [2.05, 4.69) is 4.84 Å². The molecule has 18 heteroatoms. The van der Waals surface area contributed by atoms with Crippen LogP contribution in [0.5, 0.6) is 0 Å². The van der Waals surface area contributed by atoms with Crippen LogP contribution in [0.25, 0.3) is 0 Å². The van der Waals surface area contributed by atoms with Crippen LogP contribution in [0.2, 0.25) is 0 Å². The van der Waals surface area contributed by atoms with Crippen LogP contribution in [0, 0.1) is 0 Å². The average molecular weight is 613 g/mol. The molecular weight excluding hydrogens is 572 g/mol. The second-order valence-corrected chi connectivity index (χ2v) is 9.95. The number of carbonyl (C=O) groups is 4. The van der Waals surface area contributed by atoms with Crippen molar-refractivity contribution in [2.45, 2.75) is 113 Å². The summed E-state index contributed by atoms with van der Waals surface area (Å²) in [5, 5.41) is 76.4. The van der Waals surface area contributed by atoms with E-state index in [-0.39, 0.29) is 25.7 Å². The van der Waals surface area contributed by atoms with Gasteiger partial charge in [-0.2, -0.15) is 0 Å². The van der Waals surface area contributed by atoms with Gasteiger partial charge in [0.1, 0.15) is 55.1 Å². The molecule has 3 aliphatic heterocycles. The third kappa shape index (κ3) is 9.85. The number of hydrogen-bond acceptors (Lipinski definition) is 16. The Labute approximate surface area is 240 Å². The van der Waals surface area contributed by atoms with Crippen molar-refractivity contribution >= 4 is 23.8 Å². The Bertz CT molecular complexity index is 888. The Balaban J connectivity index is 0.000000299. The molecular formula is C24H40N2O16. The van der Waals surface area contributed by atoms with Crippen molar-refractivity contribution in [3.8, 4) is 0 Å². The monoisotopic (exact) mass is 612 g/mol. The number of amides is 2. The fourth-order valence-corrected chi connectivity index (χ4v) is 4.32. The Kier molecular flexibility index (Phi) is 14.6. The number of aliphatic hydroxyl groups is 7. The van der Waals surface area contributed by atoms with Crippen molar-refractivity contribution < 1.29 is 79.1 Å². The zero-order chi connectivity index (χ0) is 31.6. The van der Waals surface area contributed by atoms with Crippen LogP contribution in [-0.2, 0) is 38.2 Å². The molecule has 3 fully saturated rings. The van der Waals surface area contributed by atoms with Crippen molar-refractivity contribution in [1.29, 1.82) is 0 Å². The first kappa shape index (κ1) is 35.8. The van der Waals surface area contributed by atoms with E-state index in [0.29, 0.717) is 24.3 Å².